The first-order valence-corrected chi connectivity index (χ1v) is 12.7. The molecule has 6 nitrogen and oxygen atoms in total. The number of nitrogens with zero attached hydrogens (tertiary/aromatic N) is 1. The third kappa shape index (κ3) is 8.37. The lowest BCUT2D eigenvalue weighted by Crippen LogP contribution is -2.68. The number of ether oxygens (including phenoxy) is 1. The van der Waals surface area contributed by atoms with E-state index in [0.29, 0.717) is 0 Å². The molecule has 2 aromatic rings. The second-order valence-corrected chi connectivity index (χ2v) is 11.5. The largest absolute Gasteiger partial charge is 0.461 e. The molecular weight excluding hydrogens is 462 g/mol. The summed E-state index contributed by atoms with van der Waals surface area (Å²) >= 11 is 1.82. The fraction of sp³-hybridized carbons (Fsp3) is 0.400. The van der Waals surface area contributed by atoms with E-state index in [4.69, 9.17) is 23.4 Å². The molecule has 8 heteroatoms. The molecule has 1 aliphatic heterocycles. The Hall–Kier alpha value is -2.00. The standard InChI is InChI=1S/C25H32NOS.ClHO4/c1-8-26-20-13-9-10-14-21(20)28-23(26)15-11-12-19-16-18(24(2,3)4)17-22(27-19)25(5,6)7;2-1(3,4)5/h9-17H,8H2,1-7H3;(H,2,3,4,5)/q+1;/p-1/b15-11+,19-12+;. The second kappa shape index (κ2) is 10.5. The maximum atomic E-state index is 8.49. The zero-order valence-electron chi connectivity index (χ0n) is 20.2. The molecule has 0 unspecified atom stereocenters. The number of aryl methyl sites for hydroxylation is 1. The zero-order chi connectivity index (χ0) is 25.0. The van der Waals surface area contributed by atoms with Gasteiger partial charge in [-0.15, -0.1) is 10.2 Å². The van der Waals surface area contributed by atoms with Crippen molar-refractivity contribution in [1.29, 1.82) is 0 Å². The molecule has 0 atom stereocenters. The molecule has 0 saturated carbocycles. The number of fused-ring (bicyclic) bond motifs is 1. The molecule has 0 aliphatic carbocycles. The van der Waals surface area contributed by atoms with Gasteiger partial charge in [-0.3, -0.25) is 0 Å². The van der Waals surface area contributed by atoms with Crippen molar-refractivity contribution >= 4 is 27.6 Å². The first kappa shape index (κ1) is 27.2. The first-order chi connectivity index (χ1) is 15.1. The number of benzene rings is 1. The lowest BCUT2D eigenvalue weighted by molar-refractivity contribution is -2.00. The van der Waals surface area contributed by atoms with Crippen LogP contribution in [0.5, 0.6) is 0 Å². The van der Waals surface area contributed by atoms with Crippen LogP contribution in [0.4, 0.5) is 0 Å². The van der Waals surface area contributed by atoms with Gasteiger partial charge < -0.3 is 4.74 Å². The van der Waals surface area contributed by atoms with E-state index in [-0.39, 0.29) is 10.8 Å². The van der Waals surface area contributed by atoms with E-state index in [1.54, 1.807) is 0 Å². The SMILES string of the molecule is CC[n+]1c(/C=C/C=C2\C=C(C(C)(C)C)C=C(C(C)(C)C)O2)sc2ccccc21.[O-][Cl+3]([O-])([O-])[O-]. The van der Waals surface area contributed by atoms with E-state index in [0.717, 1.165) is 18.1 Å². The van der Waals surface area contributed by atoms with Gasteiger partial charge >= 0.3 is 0 Å². The summed E-state index contributed by atoms with van der Waals surface area (Å²) in [5.74, 6) is 1.92. The minimum Gasteiger partial charge on any atom is -0.461 e. The minimum atomic E-state index is -4.94. The molecule has 1 aromatic heterocycles. The van der Waals surface area contributed by atoms with Crippen LogP contribution in [0, 0.1) is 21.1 Å². The van der Waals surface area contributed by atoms with Crippen LogP contribution in [0.15, 0.2) is 65.7 Å². The molecule has 0 saturated heterocycles. The Labute approximate surface area is 202 Å². The molecule has 1 aromatic carbocycles. The van der Waals surface area contributed by atoms with Gasteiger partial charge in [-0.2, -0.15) is 4.57 Å². The van der Waals surface area contributed by atoms with Crippen molar-refractivity contribution in [1.82, 2.24) is 0 Å². The topological polar surface area (TPSA) is 105 Å². The molecule has 3 rings (SSSR count). The van der Waals surface area contributed by atoms with Gasteiger partial charge in [0, 0.05) is 17.6 Å². The molecule has 0 spiro atoms. The van der Waals surface area contributed by atoms with E-state index < -0.39 is 10.2 Å². The Balaban J connectivity index is 0.000000696. The van der Waals surface area contributed by atoms with E-state index in [1.165, 1.54) is 20.8 Å². The number of hydrogen-bond donors (Lipinski definition) is 0. The van der Waals surface area contributed by atoms with Gasteiger partial charge in [0.25, 0.3) is 5.01 Å². The monoisotopic (exact) mass is 493 g/mol. The molecular formula is C25H32ClNO5S. The zero-order valence-corrected chi connectivity index (χ0v) is 21.8. The van der Waals surface area contributed by atoms with Crippen molar-refractivity contribution in [2.75, 3.05) is 0 Å². The molecule has 180 valence electrons. The fourth-order valence-electron chi connectivity index (χ4n) is 3.14. The average molecular weight is 494 g/mol. The predicted molar refractivity (Wildman–Crippen MR) is 121 cm³/mol. The van der Waals surface area contributed by atoms with E-state index in [1.807, 2.05) is 11.3 Å². The van der Waals surface area contributed by atoms with Crippen LogP contribution in [0.25, 0.3) is 16.3 Å². The van der Waals surface area contributed by atoms with E-state index in [9.17, 15) is 0 Å². The van der Waals surface area contributed by atoms with Crippen molar-refractivity contribution in [2.45, 2.75) is 55.0 Å². The van der Waals surface area contributed by atoms with Crippen LogP contribution in [-0.4, -0.2) is 0 Å². The number of thiazole rings is 1. The number of halogens is 1. The van der Waals surface area contributed by atoms with Crippen molar-refractivity contribution in [3.05, 3.63) is 70.7 Å². The van der Waals surface area contributed by atoms with Crippen molar-refractivity contribution in [2.24, 2.45) is 10.8 Å². The second-order valence-electron chi connectivity index (χ2n) is 9.67. The van der Waals surface area contributed by atoms with Gasteiger partial charge in [-0.25, -0.2) is 18.6 Å². The van der Waals surface area contributed by atoms with Crippen LogP contribution >= 0.6 is 11.3 Å². The fourth-order valence-corrected chi connectivity index (χ4v) is 4.27. The molecule has 0 bridgehead atoms. The highest BCUT2D eigenvalue weighted by Gasteiger charge is 2.27. The van der Waals surface area contributed by atoms with Gasteiger partial charge in [0.05, 0.1) is 0 Å². The first-order valence-electron chi connectivity index (χ1n) is 10.6. The maximum absolute atomic E-state index is 8.49. The smallest absolute Gasteiger partial charge is 0.262 e. The minimum absolute atomic E-state index is 0.0235. The van der Waals surface area contributed by atoms with E-state index in [2.05, 4.69) is 108 Å². The van der Waals surface area contributed by atoms with Crippen molar-refractivity contribution < 1.29 is 38.2 Å². The lowest BCUT2D eigenvalue weighted by atomic mass is 9.82. The van der Waals surface area contributed by atoms with Crippen molar-refractivity contribution in [3.63, 3.8) is 0 Å². The predicted octanol–water partition coefficient (Wildman–Crippen LogP) is 2.28. The normalized spacial score (nSPS) is 16.4. The number of allylic oxidation sites excluding steroid dienone is 6. The number of aromatic nitrogens is 1. The summed E-state index contributed by atoms with van der Waals surface area (Å²) in [4.78, 5) is 0. The Morgan fingerprint density at radius 2 is 1.58 bits per heavy atom. The molecule has 0 amide bonds. The molecule has 33 heavy (non-hydrogen) atoms. The Bertz CT molecular complexity index is 1090. The Kier molecular flexibility index (Phi) is 8.68. The van der Waals surface area contributed by atoms with Gasteiger partial charge in [0.15, 0.2) is 0 Å². The summed E-state index contributed by atoms with van der Waals surface area (Å²) in [5, 5.41) is 1.25. The van der Waals surface area contributed by atoms with Gasteiger partial charge in [-0.1, -0.05) is 71.1 Å². The molecule has 1 aliphatic rings. The van der Waals surface area contributed by atoms with Crippen LogP contribution in [-0.2, 0) is 11.3 Å². The summed E-state index contributed by atoms with van der Waals surface area (Å²) in [7, 11) is -4.94. The Morgan fingerprint density at radius 1 is 0.970 bits per heavy atom. The van der Waals surface area contributed by atoms with Gasteiger partial charge in [-0.05, 0) is 42.2 Å². The van der Waals surface area contributed by atoms with Crippen LogP contribution in [0.1, 0.15) is 53.5 Å². The highest BCUT2D eigenvalue weighted by molar-refractivity contribution is 7.18. The summed E-state index contributed by atoms with van der Waals surface area (Å²) in [6, 6.07) is 8.58. The lowest BCUT2D eigenvalue weighted by Gasteiger charge is -2.31. The van der Waals surface area contributed by atoms with E-state index >= 15 is 0 Å². The van der Waals surface area contributed by atoms with Crippen LogP contribution in [0.2, 0.25) is 0 Å². The number of para-hydroxylation sites is 1. The summed E-state index contributed by atoms with van der Waals surface area (Å²) in [6.07, 6.45) is 10.7. The summed E-state index contributed by atoms with van der Waals surface area (Å²) < 4.78 is 43.9. The molecule has 0 N–H and O–H groups in total. The highest BCUT2D eigenvalue weighted by atomic mass is 35.7. The quantitative estimate of drug-likeness (QED) is 0.610. The third-order valence-corrected chi connectivity index (χ3v) is 6.00. The van der Waals surface area contributed by atoms with Crippen molar-refractivity contribution in [3.8, 4) is 0 Å². The number of rotatable bonds is 3. The molecule has 0 radical (unpaired) electrons. The van der Waals surface area contributed by atoms with Crippen LogP contribution < -0.4 is 23.2 Å². The summed E-state index contributed by atoms with van der Waals surface area (Å²) in [5.41, 5.74) is 2.65. The molecule has 0 fully saturated rings. The van der Waals surface area contributed by atoms with Gasteiger partial charge in [0.2, 0.25) is 5.52 Å². The third-order valence-electron chi connectivity index (χ3n) is 4.87. The Morgan fingerprint density at radius 3 is 2.12 bits per heavy atom. The average Bonchev–Trinajstić information content (AvgIpc) is 3.02. The molecule has 2 heterocycles. The van der Waals surface area contributed by atoms with Crippen LogP contribution in [0.3, 0.4) is 0 Å². The van der Waals surface area contributed by atoms with Gasteiger partial charge in [0.1, 0.15) is 22.8 Å². The number of hydrogen-bond acceptors (Lipinski definition) is 6. The summed E-state index contributed by atoms with van der Waals surface area (Å²) in [6.45, 7) is 16.5. The highest BCUT2D eigenvalue weighted by Crippen LogP contribution is 2.38. The maximum Gasteiger partial charge on any atom is 0.262 e.